The molecule has 5 heteroatoms. The highest BCUT2D eigenvalue weighted by atomic mass is 16.5. The Bertz CT molecular complexity index is 781. The van der Waals surface area contributed by atoms with Gasteiger partial charge in [0.05, 0.1) is 12.2 Å². The summed E-state index contributed by atoms with van der Waals surface area (Å²) < 4.78 is 5.38. The average Bonchev–Trinajstić information content (AvgIpc) is 3.14. The van der Waals surface area contributed by atoms with Crippen LogP contribution < -0.4 is 0 Å². The van der Waals surface area contributed by atoms with Crippen molar-refractivity contribution >= 4 is 11.9 Å². The zero-order valence-electron chi connectivity index (χ0n) is 14.1. The van der Waals surface area contributed by atoms with Crippen molar-refractivity contribution in [3.63, 3.8) is 0 Å². The third-order valence-corrected chi connectivity index (χ3v) is 4.51. The number of hydrogen-bond donors (Lipinski definition) is 1. The summed E-state index contributed by atoms with van der Waals surface area (Å²) in [6, 6.07) is 13.9. The highest BCUT2D eigenvalue weighted by molar-refractivity contribution is 6.04. The monoisotopic (exact) mass is 339 g/mol. The molecule has 5 nitrogen and oxygen atoms in total. The minimum Gasteiger partial charge on any atom is -0.478 e. The molecule has 1 N–H and O–H groups in total. The van der Waals surface area contributed by atoms with Crippen LogP contribution in [0.1, 0.15) is 27.1 Å². The van der Waals surface area contributed by atoms with E-state index >= 15 is 0 Å². The molecule has 130 valence electrons. The number of amides is 1. The van der Waals surface area contributed by atoms with Gasteiger partial charge in [-0.3, -0.25) is 4.79 Å². The van der Waals surface area contributed by atoms with E-state index < -0.39 is 5.97 Å². The third kappa shape index (κ3) is 3.72. The van der Waals surface area contributed by atoms with E-state index in [9.17, 15) is 14.7 Å². The highest BCUT2D eigenvalue weighted by Gasteiger charge is 2.23. The summed E-state index contributed by atoms with van der Waals surface area (Å²) in [4.78, 5) is 26.2. The van der Waals surface area contributed by atoms with Crippen LogP contribution in [0.5, 0.6) is 0 Å². The Balaban J connectivity index is 1.93. The molecule has 1 fully saturated rings. The zero-order valence-corrected chi connectivity index (χ0v) is 14.1. The number of hydrogen-bond acceptors (Lipinski definition) is 3. The van der Waals surface area contributed by atoms with E-state index in [-0.39, 0.29) is 11.5 Å². The predicted octanol–water partition coefficient (Wildman–Crippen LogP) is 3.16. The number of nitrogens with zero attached hydrogens (tertiary/aromatic N) is 1. The molecule has 1 atom stereocenters. The van der Waals surface area contributed by atoms with Crippen molar-refractivity contribution in [1.29, 1.82) is 0 Å². The van der Waals surface area contributed by atoms with Gasteiger partial charge >= 0.3 is 5.97 Å². The Labute approximate surface area is 146 Å². The Kier molecular flexibility index (Phi) is 5.14. The smallest absolute Gasteiger partial charge is 0.336 e. The molecule has 0 aromatic heterocycles. The molecule has 0 aliphatic carbocycles. The molecule has 0 radical (unpaired) electrons. The number of carbonyl (C=O) groups excluding carboxylic acids is 1. The highest BCUT2D eigenvalue weighted by Crippen LogP contribution is 2.28. The molecule has 2 aromatic rings. The summed E-state index contributed by atoms with van der Waals surface area (Å²) in [6.45, 7) is 2.06. The Morgan fingerprint density at radius 3 is 2.28 bits per heavy atom. The van der Waals surface area contributed by atoms with E-state index in [1.807, 2.05) is 6.07 Å². The van der Waals surface area contributed by atoms with Gasteiger partial charge in [-0.15, -0.1) is 0 Å². The van der Waals surface area contributed by atoms with Gasteiger partial charge in [-0.1, -0.05) is 36.4 Å². The molecule has 1 heterocycles. The van der Waals surface area contributed by atoms with E-state index in [1.54, 1.807) is 54.4 Å². The van der Waals surface area contributed by atoms with E-state index in [1.165, 1.54) is 0 Å². The first kappa shape index (κ1) is 17.2. The number of aromatic carboxylic acids is 1. The van der Waals surface area contributed by atoms with Gasteiger partial charge in [0.15, 0.2) is 0 Å². The second kappa shape index (κ2) is 7.49. The summed E-state index contributed by atoms with van der Waals surface area (Å²) in [5.74, 6) is -0.760. The van der Waals surface area contributed by atoms with Crippen molar-refractivity contribution in [3.8, 4) is 11.1 Å². The first-order valence-electron chi connectivity index (χ1n) is 8.33. The van der Waals surface area contributed by atoms with Gasteiger partial charge in [0, 0.05) is 31.7 Å². The van der Waals surface area contributed by atoms with Crippen LogP contribution in [0.2, 0.25) is 0 Å². The molecular weight excluding hydrogens is 318 g/mol. The number of rotatable bonds is 5. The Morgan fingerprint density at radius 2 is 1.68 bits per heavy atom. The van der Waals surface area contributed by atoms with Gasteiger partial charge in [-0.2, -0.15) is 0 Å². The molecule has 3 rings (SSSR count). The molecule has 1 aliphatic rings. The standard InChI is InChI=1S/C20H21NO4/c1-21(12-14-10-11-25-13-14)19(22)17-8-4-2-6-15(17)16-7-3-5-9-18(16)20(23)24/h2-9,14H,10-13H2,1H3,(H,23,24)/t14-/m0/s1. The Morgan fingerprint density at radius 1 is 1.08 bits per heavy atom. The summed E-state index contributed by atoms with van der Waals surface area (Å²) in [7, 11) is 1.78. The predicted molar refractivity (Wildman–Crippen MR) is 94.7 cm³/mol. The molecule has 2 aromatic carbocycles. The lowest BCUT2D eigenvalue weighted by Crippen LogP contribution is -2.32. The molecule has 0 saturated carbocycles. The number of carboxylic acids is 1. The van der Waals surface area contributed by atoms with E-state index in [2.05, 4.69) is 0 Å². The van der Waals surface area contributed by atoms with Crippen molar-refractivity contribution in [2.24, 2.45) is 5.92 Å². The summed E-state index contributed by atoms with van der Waals surface area (Å²) in [6.07, 6.45) is 0.959. The average molecular weight is 339 g/mol. The van der Waals surface area contributed by atoms with E-state index in [4.69, 9.17) is 4.74 Å². The van der Waals surface area contributed by atoms with Crippen LogP contribution in [0.4, 0.5) is 0 Å². The molecule has 0 bridgehead atoms. The molecule has 1 amide bonds. The van der Waals surface area contributed by atoms with Crippen molar-refractivity contribution < 1.29 is 19.4 Å². The lowest BCUT2D eigenvalue weighted by molar-refractivity contribution is 0.0696. The van der Waals surface area contributed by atoms with Crippen LogP contribution in [-0.2, 0) is 4.74 Å². The molecule has 0 unspecified atom stereocenters. The molecule has 1 saturated heterocycles. The molecule has 0 spiro atoms. The zero-order chi connectivity index (χ0) is 17.8. The van der Waals surface area contributed by atoms with Crippen LogP contribution in [0.15, 0.2) is 48.5 Å². The van der Waals surface area contributed by atoms with Crippen LogP contribution in [0.3, 0.4) is 0 Å². The molecule has 25 heavy (non-hydrogen) atoms. The fraction of sp³-hybridized carbons (Fsp3) is 0.300. The van der Waals surface area contributed by atoms with Gasteiger partial charge in [0.1, 0.15) is 0 Å². The van der Waals surface area contributed by atoms with Gasteiger partial charge < -0.3 is 14.7 Å². The summed E-state index contributed by atoms with van der Waals surface area (Å²) in [5.41, 5.74) is 1.89. The molecule has 1 aliphatic heterocycles. The van der Waals surface area contributed by atoms with E-state index in [0.29, 0.717) is 35.8 Å². The maximum absolute atomic E-state index is 12.9. The van der Waals surface area contributed by atoms with Crippen LogP contribution >= 0.6 is 0 Å². The Hall–Kier alpha value is -2.66. The second-order valence-corrected chi connectivity index (χ2v) is 6.31. The largest absolute Gasteiger partial charge is 0.478 e. The van der Waals surface area contributed by atoms with Crippen molar-refractivity contribution in [3.05, 3.63) is 59.7 Å². The van der Waals surface area contributed by atoms with Gasteiger partial charge in [-0.25, -0.2) is 4.79 Å². The second-order valence-electron chi connectivity index (χ2n) is 6.31. The summed E-state index contributed by atoms with van der Waals surface area (Å²) in [5, 5.41) is 9.45. The SMILES string of the molecule is CN(C[C@@H]1CCOC1)C(=O)c1ccccc1-c1ccccc1C(=O)O. The quantitative estimate of drug-likeness (QED) is 0.909. The first-order chi connectivity index (χ1) is 12.1. The van der Waals surface area contributed by atoms with Crippen molar-refractivity contribution in [1.82, 2.24) is 4.90 Å². The lowest BCUT2D eigenvalue weighted by atomic mass is 9.94. The fourth-order valence-electron chi connectivity index (χ4n) is 3.21. The van der Waals surface area contributed by atoms with E-state index in [0.717, 1.165) is 13.0 Å². The lowest BCUT2D eigenvalue weighted by Gasteiger charge is -2.22. The minimum atomic E-state index is -1.01. The van der Waals surface area contributed by atoms with Crippen LogP contribution in [-0.4, -0.2) is 48.7 Å². The van der Waals surface area contributed by atoms with Gasteiger partial charge in [-0.05, 0) is 29.7 Å². The minimum absolute atomic E-state index is 0.109. The maximum Gasteiger partial charge on any atom is 0.336 e. The van der Waals surface area contributed by atoms with Crippen LogP contribution in [0, 0.1) is 5.92 Å². The third-order valence-electron chi connectivity index (χ3n) is 4.51. The first-order valence-corrected chi connectivity index (χ1v) is 8.33. The summed E-state index contributed by atoms with van der Waals surface area (Å²) >= 11 is 0. The van der Waals surface area contributed by atoms with Crippen LogP contribution in [0.25, 0.3) is 11.1 Å². The number of benzene rings is 2. The maximum atomic E-state index is 12.9. The topological polar surface area (TPSA) is 66.8 Å². The number of carbonyl (C=O) groups is 2. The van der Waals surface area contributed by atoms with Gasteiger partial charge in [0.25, 0.3) is 5.91 Å². The molecular formula is C20H21NO4. The number of carboxylic acid groups (broad SMARTS) is 1. The number of ether oxygens (including phenoxy) is 1. The fourth-order valence-corrected chi connectivity index (χ4v) is 3.21. The van der Waals surface area contributed by atoms with Crippen molar-refractivity contribution in [2.45, 2.75) is 6.42 Å². The van der Waals surface area contributed by atoms with Gasteiger partial charge in [0.2, 0.25) is 0 Å². The van der Waals surface area contributed by atoms with Crippen molar-refractivity contribution in [2.75, 3.05) is 26.8 Å². The normalized spacial score (nSPS) is 16.6.